The molecular weight excluding hydrogens is 288 g/mol. The molecule has 1 aromatic carbocycles. The minimum absolute atomic E-state index is 0.605. The number of morpholine rings is 1. The van der Waals surface area contributed by atoms with Crippen molar-refractivity contribution in [1.29, 1.82) is 0 Å². The zero-order chi connectivity index (χ0) is 16.5. The van der Waals surface area contributed by atoms with Gasteiger partial charge in [-0.15, -0.1) is 0 Å². The van der Waals surface area contributed by atoms with Crippen LogP contribution in [0.2, 0.25) is 0 Å². The van der Waals surface area contributed by atoms with Crippen molar-refractivity contribution in [3.05, 3.63) is 35.4 Å². The van der Waals surface area contributed by atoms with Crippen LogP contribution in [0, 0.1) is 5.92 Å². The van der Waals surface area contributed by atoms with Crippen LogP contribution in [0.15, 0.2) is 29.3 Å². The Morgan fingerprint density at radius 1 is 1.13 bits per heavy atom. The minimum atomic E-state index is 0.605. The summed E-state index contributed by atoms with van der Waals surface area (Å²) < 4.78 is 5.39. The lowest BCUT2D eigenvalue weighted by molar-refractivity contribution is 0.0342. The lowest BCUT2D eigenvalue weighted by Crippen LogP contribution is -2.38. The van der Waals surface area contributed by atoms with Crippen LogP contribution in [-0.4, -0.2) is 50.8 Å². The predicted molar refractivity (Wildman–Crippen MR) is 95.6 cm³/mol. The number of aliphatic imine (C=N–C) groups is 1. The van der Waals surface area contributed by atoms with Gasteiger partial charge in [-0.05, 0) is 17.0 Å². The summed E-state index contributed by atoms with van der Waals surface area (Å²) in [5.41, 5.74) is 2.63. The van der Waals surface area contributed by atoms with E-state index in [0.717, 1.165) is 51.9 Å². The zero-order valence-electron chi connectivity index (χ0n) is 14.6. The molecule has 0 radical (unpaired) electrons. The monoisotopic (exact) mass is 318 g/mol. The Morgan fingerprint density at radius 2 is 1.78 bits per heavy atom. The number of nitrogens with zero attached hydrogens (tertiary/aromatic N) is 2. The van der Waals surface area contributed by atoms with Crippen molar-refractivity contribution in [3.63, 3.8) is 0 Å². The number of nitrogens with one attached hydrogen (secondary N) is 2. The average Bonchev–Trinajstić information content (AvgIpc) is 2.57. The molecule has 0 unspecified atom stereocenters. The summed E-state index contributed by atoms with van der Waals surface area (Å²) in [7, 11) is 1.81. The lowest BCUT2D eigenvalue weighted by Gasteiger charge is -2.26. The topological polar surface area (TPSA) is 48.9 Å². The summed E-state index contributed by atoms with van der Waals surface area (Å²) in [6, 6.07) is 8.82. The van der Waals surface area contributed by atoms with Gasteiger partial charge in [0.15, 0.2) is 5.96 Å². The van der Waals surface area contributed by atoms with Crippen molar-refractivity contribution in [2.24, 2.45) is 10.9 Å². The lowest BCUT2D eigenvalue weighted by atomic mass is 10.1. The molecule has 0 spiro atoms. The van der Waals surface area contributed by atoms with E-state index in [-0.39, 0.29) is 0 Å². The summed E-state index contributed by atoms with van der Waals surface area (Å²) in [5.74, 6) is 1.46. The average molecular weight is 318 g/mol. The molecule has 1 aromatic rings. The molecule has 0 aromatic heterocycles. The number of benzene rings is 1. The Balaban J connectivity index is 1.77. The van der Waals surface area contributed by atoms with E-state index >= 15 is 0 Å². The smallest absolute Gasteiger partial charge is 0.191 e. The van der Waals surface area contributed by atoms with E-state index in [9.17, 15) is 0 Å². The molecule has 0 bridgehead atoms. The first-order valence-corrected chi connectivity index (χ1v) is 8.50. The zero-order valence-corrected chi connectivity index (χ0v) is 14.6. The summed E-state index contributed by atoms with van der Waals surface area (Å²) in [6.45, 7) is 10.9. The number of rotatable bonds is 6. The van der Waals surface area contributed by atoms with Gasteiger partial charge in [0.25, 0.3) is 0 Å². The molecule has 1 saturated heterocycles. The van der Waals surface area contributed by atoms with Gasteiger partial charge in [0.05, 0.1) is 13.2 Å². The predicted octanol–water partition coefficient (Wildman–Crippen LogP) is 1.84. The molecule has 1 aliphatic heterocycles. The molecule has 0 amide bonds. The van der Waals surface area contributed by atoms with Crippen LogP contribution in [-0.2, 0) is 17.8 Å². The Labute approximate surface area is 140 Å². The maximum atomic E-state index is 5.39. The maximum absolute atomic E-state index is 5.39. The van der Waals surface area contributed by atoms with Gasteiger partial charge in [-0.25, -0.2) is 0 Å². The standard InChI is InChI=1S/C18H30N4O/c1-15(2)12-20-18(19-3)21-13-16-4-6-17(7-5-16)14-22-8-10-23-11-9-22/h4-7,15H,8-14H2,1-3H3,(H2,19,20,21). The summed E-state index contributed by atoms with van der Waals surface area (Å²) in [6.07, 6.45) is 0. The highest BCUT2D eigenvalue weighted by Gasteiger charge is 2.10. The third kappa shape index (κ3) is 6.59. The molecule has 0 saturated carbocycles. The second kappa shape index (κ2) is 9.53. The summed E-state index contributed by atoms with van der Waals surface area (Å²) in [4.78, 5) is 6.68. The van der Waals surface area contributed by atoms with E-state index < -0.39 is 0 Å². The van der Waals surface area contributed by atoms with E-state index in [4.69, 9.17) is 4.74 Å². The van der Waals surface area contributed by atoms with Crippen LogP contribution in [0.5, 0.6) is 0 Å². The highest BCUT2D eigenvalue weighted by Crippen LogP contribution is 2.09. The van der Waals surface area contributed by atoms with Gasteiger partial charge in [0.2, 0.25) is 0 Å². The Bertz CT molecular complexity index is 478. The van der Waals surface area contributed by atoms with Crippen molar-refractivity contribution in [3.8, 4) is 0 Å². The van der Waals surface area contributed by atoms with Crippen LogP contribution in [0.25, 0.3) is 0 Å². The van der Waals surface area contributed by atoms with Crippen LogP contribution in [0.4, 0.5) is 0 Å². The highest BCUT2D eigenvalue weighted by atomic mass is 16.5. The third-order valence-corrected chi connectivity index (χ3v) is 3.89. The fourth-order valence-corrected chi connectivity index (χ4v) is 2.49. The van der Waals surface area contributed by atoms with Crippen LogP contribution in [0.1, 0.15) is 25.0 Å². The van der Waals surface area contributed by atoms with E-state index in [1.165, 1.54) is 11.1 Å². The van der Waals surface area contributed by atoms with Gasteiger partial charge in [-0.2, -0.15) is 0 Å². The second-order valence-corrected chi connectivity index (χ2v) is 6.41. The molecule has 1 aliphatic rings. The first kappa shape index (κ1) is 17.8. The third-order valence-electron chi connectivity index (χ3n) is 3.89. The van der Waals surface area contributed by atoms with Crippen LogP contribution in [0.3, 0.4) is 0 Å². The fraction of sp³-hybridized carbons (Fsp3) is 0.611. The fourth-order valence-electron chi connectivity index (χ4n) is 2.49. The number of guanidine groups is 1. The largest absolute Gasteiger partial charge is 0.379 e. The maximum Gasteiger partial charge on any atom is 0.191 e. The van der Waals surface area contributed by atoms with Crippen molar-refractivity contribution in [2.75, 3.05) is 39.9 Å². The molecular formula is C18H30N4O. The van der Waals surface area contributed by atoms with Gasteiger partial charge in [0, 0.05) is 39.8 Å². The first-order chi connectivity index (χ1) is 11.2. The normalized spacial score (nSPS) is 16.6. The molecule has 2 N–H and O–H groups in total. The molecule has 5 heteroatoms. The van der Waals surface area contributed by atoms with Gasteiger partial charge < -0.3 is 15.4 Å². The summed E-state index contributed by atoms with van der Waals surface area (Å²) >= 11 is 0. The second-order valence-electron chi connectivity index (χ2n) is 6.41. The number of ether oxygens (including phenoxy) is 1. The SMILES string of the molecule is CN=C(NCc1ccc(CN2CCOCC2)cc1)NCC(C)C. The van der Waals surface area contributed by atoms with Gasteiger partial charge >= 0.3 is 0 Å². The molecule has 2 rings (SSSR count). The van der Waals surface area contributed by atoms with Gasteiger partial charge in [-0.3, -0.25) is 9.89 Å². The Kier molecular flexibility index (Phi) is 7.36. The van der Waals surface area contributed by atoms with E-state index in [2.05, 4.69) is 58.6 Å². The quantitative estimate of drug-likeness (QED) is 0.621. The van der Waals surface area contributed by atoms with Crippen molar-refractivity contribution < 1.29 is 4.74 Å². The van der Waals surface area contributed by atoms with Gasteiger partial charge in [-0.1, -0.05) is 38.1 Å². The van der Waals surface area contributed by atoms with E-state index in [1.54, 1.807) is 7.05 Å². The van der Waals surface area contributed by atoms with Crippen LogP contribution < -0.4 is 10.6 Å². The van der Waals surface area contributed by atoms with E-state index in [0.29, 0.717) is 5.92 Å². The molecule has 23 heavy (non-hydrogen) atoms. The molecule has 1 fully saturated rings. The van der Waals surface area contributed by atoms with Crippen molar-refractivity contribution in [1.82, 2.24) is 15.5 Å². The van der Waals surface area contributed by atoms with Crippen molar-refractivity contribution in [2.45, 2.75) is 26.9 Å². The molecule has 0 aliphatic carbocycles. The summed E-state index contributed by atoms with van der Waals surface area (Å²) in [5, 5.41) is 6.68. The van der Waals surface area contributed by atoms with Crippen LogP contribution >= 0.6 is 0 Å². The van der Waals surface area contributed by atoms with E-state index in [1.807, 2.05) is 0 Å². The molecule has 1 heterocycles. The Hall–Kier alpha value is -1.59. The Morgan fingerprint density at radius 3 is 2.39 bits per heavy atom. The minimum Gasteiger partial charge on any atom is -0.379 e. The highest BCUT2D eigenvalue weighted by molar-refractivity contribution is 5.79. The number of hydrogen-bond acceptors (Lipinski definition) is 3. The first-order valence-electron chi connectivity index (χ1n) is 8.50. The molecule has 128 valence electrons. The number of hydrogen-bond donors (Lipinski definition) is 2. The van der Waals surface area contributed by atoms with Crippen molar-refractivity contribution >= 4 is 5.96 Å². The molecule has 0 atom stereocenters. The molecule has 5 nitrogen and oxygen atoms in total. The van der Waals surface area contributed by atoms with Gasteiger partial charge in [0.1, 0.15) is 0 Å².